The number of phenols is 1. The number of nitrogens with one attached hydrogen (secondary N) is 2. The van der Waals surface area contributed by atoms with Crippen molar-refractivity contribution in [3.05, 3.63) is 89.0 Å². The number of aryl methyl sites for hydroxylation is 1. The number of hydrazone groups is 1. The minimum atomic E-state index is -0.426. The Hall–Kier alpha value is -4.13. The molecule has 3 aromatic carbocycles. The molecule has 0 aliphatic carbocycles. The van der Waals surface area contributed by atoms with Crippen LogP contribution in [-0.4, -0.2) is 30.2 Å². The van der Waals surface area contributed by atoms with Crippen molar-refractivity contribution in [3.63, 3.8) is 0 Å². The van der Waals surface area contributed by atoms with Crippen LogP contribution >= 0.6 is 0 Å². The normalized spacial score (nSPS) is 10.6. The standard InChI is InChI=1S/C23H21N3O4/c1-15-6-8-16(9-7-15)22(28)25-19-12-10-17(11-13-19)23(29)26-24-14-18-4-3-5-20(30-2)21(18)27/h3-14,27H,1-2H3,(H,25,28)(H,26,29)/b24-14-. The van der Waals surface area contributed by atoms with E-state index in [1.807, 2.05) is 19.1 Å². The lowest BCUT2D eigenvalue weighted by atomic mass is 10.1. The summed E-state index contributed by atoms with van der Waals surface area (Å²) in [6.07, 6.45) is 1.33. The number of para-hydroxylation sites is 1. The highest BCUT2D eigenvalue weighted by atomic mass is 16.5. The Bertz CT molecular complexity index is 1070. The van der Waals surface area contributed by atoms with Gasteiger partial charge >= 0.3 is 0 Å². The molecule has 2 amide bonds. The largest absolute Gasteiger partial charge is 0.504 e. The number of aromatic hydroxyl groups is 1. The summed E-state index contributed by atoms with van der Waals surface area (Å²) in [5, 5.41) is 16.7. The number of ether oxygens (including phenoxy) is 1. The van der Waals surface area contributed by atoms with E-state index in [0.29, 0.717) is 28.1 Å². The van der Waals surface area contributed by atoms with Crippen LogP contribution in [0.25, 0.3) is 0 Å². The van der Waals surface area contributed by atoms with E-state index in [-0.39, 0.29) is 11.7 Å². The molecule has 3 N–H and O–H groups in total. The number of carbonyl (C=O) groups is 2. The highest BCUT2D eigenvalue weighted by Crippen LogP contribution is 2.27. The maximum Gasteiger partial charge on any atom is 0.271 e. The van der Waals surface area contributed by atoms with E-state index in [4.69, 9.17) is 4.74 Å². The summed E-state index contributed by atoms with van der Waals surface area (Å²) in [5.41, 5.74) is 5.37. The highest BCUT2D eigenvalue weighted by molar-refractivity contribution is 6.04. The van der Waals surface area contributed by atoms with Crippen molar-refractivity contribution in [2.24, 2.45) is 5.10 Å². The first-order valence-corrected chi connectivity index (χ1v) is 9.15. The molecule has 3 rings (SSSR count). The van der Waals surface area contributed by atoms with Crippen molar-refractivity contribution in [1.29, 1.82) is 0 Å². The van der Waals surface area contributed by atoms with Crippen LogP contribution in [0.4, 0.5) is 5.69 Å². The average Bonchev–Trinajstić information content (AvgIpc) is 2.75. The van der Waals surface area contributed by atoms with E-state index in [1.54, 1.807) is 54.6 Å². The predicted octanol–water partition coefficient (Wildman–Crippen LogP) is 3.73. The van der Waals surface area contributed by atoms with E-state index >= 15 is 0 Å². The number of methoxy groups -OCH3 is 1. The van der Waals surface area contributed by atoms with Gasteiger partial charge in [0.1, 0.15) is 0 Å². The Morgan fingerprint density at radius 3 is 2.23 bits per heavy atom. The molecule has 0 fully saturated rings. The number of anilines is 1. The molecule has 0 heterocycles. The van der Waals surface area contributed by atoms with Crippen LogP contribution in [-0.2, 0) is 0 Å². The van der Waals surface area contributed by atoms with Gasteiger partial charge in [-0.3, -0.25) is 9.59 Å². The van der Waals surface area contributed by atoms with Crippen LogP contribution in [0.1, 0.15) is 31.8 Å². The second kappa shape index (κ2) is 9.38. The van der Waals surface area contributed by atoms with Crippen molar-refractivity contribution in [2.45, 2.75) is 6.92 Å². The van der Waals surface area contributed by atoms with Gasteiger partial charge in [-0.15, -0.1) is 0 Å². The topological polar surface area (TPSA) is 100 Å². The van der Waals surface area contributed by atoms with Gasteiger partial charge < -0.3 is 15.2 Å². The molecule has 0 saturated carbocycles. The SMILES string of the molecule is COc1cccc(/C=N\NC(=O)c2ccc(NC(=O)c3ccc(C)cc3)cc2)c1O. The lowest BCUT2D eigenvalue weighted by Gasteiger charge is -2.07. The lowest BCUT2D eigenvalue weighted by Crippen LogP contribution is -2.18. The monoisotopic (exact) mass is 403 g/mol. The number of rotatable bonds is 6. The van der Waals surface area contributed by atoms with Gasteiger partial charge in [0, 0.05) is 22.4 Å². The molecule has 0 atom stereocenters. The number of carbonyl (C=O) groups excluding carboxylic acids is 2. The zero-order valence-electron chi connectivity index (χ0n) is 16.5. The fourth-order valence-electron chi connectivity index (χ4n) is 2.65. The van der Waals surface area contributed by atoms with Crippen LogP contribution in [0, 0.1) is 6.92 Å². The summed E-state index contributed by atoms with van der Waals surface area (Å²) < 4.78 is 5.03. The summed E-state index contributed by atoms with van der Waals surface area (Å²) in [6.45, 7) is 1.95. The number of hydrogen-bond donors (Lipinski definition) is 3. The molecule has 30 heavy (non-hydrogen) atoms. The summed E-state index contributed by atoms with van der Waals surface area (Å²) in [7, 11) is 1.45. The molecule has 152 valence electrons. The zero-order valence-corrected chi connectivity index (χ0v) is 16.5. The van der Waals surface area contributed by atoms with Crippen molar-refractivity contribution < 1.29 is 19.4 Å². The maximum absolute atomic E-state index is 12.3. The van der Waals surface area contributed by atoms with Crippen LogP contribution in [0.15, 0.2) is 71.8 Å². The van der Waals surface area contributed by atoms with Crippen molar-refractivity contribution >= 4 is 23.7 Å². The van der Waals surface area contributed by atoms with E-state index < -0.39 is 5.91 Å². The van der Waals surface area contributed by atoms with Crippen molar-refractivity contribution in [2.75, 3.05) is 12.4 Å². The molecule has 0 bridgehead atoms. The Kier molecular flexibility index (Phi) is 6.44. The van der Waals surface area contributed by atoms with Gasteiger partial charge in [-0.05, 0) is 55.5 Å². The fraction of sp³-hybridized carbons (Fsp3) is 0.0870. The van der Waals surface area contributed by atoms with Gasteiger partial charge in [0.2, 0.25) is 0 Å². The number of hydrogen-bond acceptors (Lipinski definition) is 5. The van der Waals surface area contributed by atoms with Gasteiger partial charge in [0.25, 0.3) is 11.8 Å². The minimum absolute atomic E-state index is 0.0633. The molecular formula is C23H21N3O4. The second-order valence-corrected chi connectivity index (χ2v) is 6.49. The molecule has 0 aliphatic heterocycles. The lowest BCUT2D eigenvalue weighted by molar-refractivity contribution is 0.0954. The van der Waals surface area contributed by atoms with Gasteiger partial charge in [0.15, 0.2) is 11.5 Å². The predicted molar refractivity (Wildman–Crippen MR) is 115 cm³/mol. The van der Waals surface area contributed by atoms with Gasteiger partial charge in [-0.25, -0.2) is 5.43 Å². The van der Waals surface area contributed by atoms with Crippen molar-refractivity contribution in [3.8, 4) is 11.5 Å². The second-order valence-electron chi connectivity index (χ2n) is 6.49. The minimum Gasteiger partial charge on any atom is -0.504 e. The Morgan fingerprint density at radius 1 is 0.933 bits per heavy atom. The molecule has 0 saturated heterocycles. The van der Waals surface area contributed by atoms with E-state index in [0.717, 1.165) is 5.56 Å². The van der Waals surface area contributed by atoms with Crippen LogP contribution in [0.5, 0.6) is 11.5 Å². The third kappa shape index (κ3) is 5.02. The van der Waals surface area contributed by atoms with Gasteiger partial charge in [0.05, 0.1) is 13.3 Å². The number of benzene rings is 3. The smallest absolute Gasteiger partial charge is 0.271 e. The van der Waals surface area contributed by atoms with Crippen LogP contribution < -0.4 is 15.5 Å². The molecule has 0 unspecified atom stereocenters. The first kappa shape index (κ1) is 20.6. The summed E-state index contributed by atoms with van der Waals surface area (Å²) in [4.78, 5) is 24.5. The third-order valence-corrected chi connectivity index (χ3v) is 4.34. The molecule has 0 radical (unpaired) electrons. The first-order valence-electron chi connectivity index (χ1n) is 9.15. The van der Waals surface area contributed by atoms with Crippen molar-refractivity contribution in [1.82, 2.24) is 5.43 Å². The molecule has 7 heteroatoms. The molecule has 7 nitrogen and oxygen atoms in total. The van der Waals surface area contributed by atoms with Crippen LogP contribution in [0.2, 0.25) is 0 Å². The van der Waals surface area contributed by atoms with Gasteiger partial charge in [-0.2, -0.15) is 5.10 Å². The third-order valence-electron chi connectivity index (χ3n) is 4.34. The van der Waals surface area contributed by atoms with E-state index in [9.17, 15) is 14.7 Å². The molecule has 0 aromatic heterocycles. The molecule has 0 spiro atoms. The van der Waals surface area contributed by atoms with Gasteiger partial charge in [-0.1, -0.05) is 23.8 Å². The Labute approximate surface area is 174 Å². The number of phenolic OH excluding ortho intramolecular Hbond substituents is 1. The van der Waals surface area contributed by atoms with E-state index in [2.05, 4.69) is 15.8 Å². The first-order chi connectivity index (χ1) is 14.5. The quantitative estimate of drug-likeness (QED) is 0.431. The zero-order chi connectivity index (χ0) is 21.5. The van der Waals surface area contributed by atoms with E-state index in [1.165, 1.54) is 13.3 Å². The number of nitrogens with zero attached hydrogens (tertiary/aromatic N) is 1. The summed E-state index contributed by atoms with van der Waals surface area (Å²) >= 11 is 0. The number of amides is 2. The summed E-state index contributed by atoms with van der Waals surface area (Å²) in [5.74, 6) is -0.403. The molecule has 0 aliphatic rings. The Morgan fingerprint density at radius 2 is 1.57 bits per heavy atom. The van der Waals surface area contributed by atoms with Crippen LogP contribution in [0.3, 0.4) is 0 Å². The maximum atomic E-state index is 12.3. The average molecular weight is 403 g/mol. The fourth-order valence-corrected chi connectivity index (χ4v) is 2.65. The highest BCUT2D eigenvalue weighted by Gasteiger charge is 2.08. The molecule has 3 aromatic rings. The Balaban J connectivity index is 1.60. The molecular weight excluding hydrogens is 382 g/mol. The summed E-state index contributed by atoms with van der Waals surface area (Å²) in [6, 6.07) is 18.6.